The Hall–Kier alpha value is -2.98. The second-order valence-corrected chi connectivity index (χ2v) is 6.24. The zero-order valence-corrected chi connectivity index (χ0v) is 14.5. The lowest BCUT2D eigenvalue weighted by molar-refractivity contribution is -0.118. The van der Waals surface area contributed by atoms with Crippen molar-refractivity contribution in [2.75, 3.05) is 18.2 Å². The van der Waals surface area contributed by atoms with Crippen molar-refractivity contribution in [2.45, 2.75) is 25.9 Å². The minimum Gasteiger partial charge on any atom is -0.376 e. The Bertz CT molecular complexity index is 789. The minimum absolute atomic E-state index is 0.0103. The summed E-state index contributed by atoms with van der Waals surface area (Å²) in [6.07, 6.45) is 3.24. The van der Waals surface area contributed by atoms with Crippen LogP contribution >= 0.6 is 0 Å². The molecular formula is C19H20N4O3. The highest BCUT2D eigenvalue weighted by Gasteiger charge is 2.34. The summed E-state index contributed by atoms with van der Waals surface area (Å²) in [6, 6.07) is 10.9. The van der Waals surface area contributed by atoms with Gasteiger partial charge in [-0.25, -0.2) is 0 Å². The molecule has 1 saturated heterocycles. The van der Waals surface area contributed by atoms with Crippen LogP contribution in [-0.2, 0) is 14.3 Å². The lowest BCUT2D eigenvalue weighted by Gasteiger charge is -2.13. The zero-order valence-electron chi connectivity index (χ0n) is 14.5. The van der Waals surface area contributed by atoms with Gasteiger partial charge in [-0.3, -0.25) is 9.59 Å². The third-order valence-corrected chi connectivity index (χ3v) is 4.40. The predicted octanol–water partition coefficient (Wildman–Crippen LogP) is 1.77. The van der Waals surface area contributed by atoms with E-state index in [1.165, 1.54) is 11.1 Å². The molecule has 134 valence electrons. The quantitative estimate of drug-likeness (QED) is 0.645. The normalized spacial score (nSPS) is 22.9. The van der Waals surface area contributed by atoms with Crippen LogP contribution in [0.15, 0.2) is 47.1 Å². The number of anilines is 1. The molecule has 2 amide bonds. The summed E-state index contributed by atoms with van der Waals surface area (Å²) in [7, 11) is 0. The van der Waals surface area contributed by atoms with Gasteiger partial charge in [0.25, 0.3) is 11.8 Å². The Kier molecular flexibility index (Phi) is 5.44. The van der Waals surface area contributed by atoms with Gasteiger partial charge in [0.1, 0.15) is 11.6 Å². The van der Waals surface area contributed by atoms with E-state index in [4.69, 9.17) is 4.74 Å². The monoisotopic (exact) mass is 352 g/mol. The Labute approximate surface area is 151 Å². The highest BCUT2D eigenvalue weighted by Crippen LogP contribution is 2.25. The molecule has 0 aromatic heterocycles. The highest BCUT2D eigenvalue weighted by atomic mass is 16.5. The van der Waals surface area contributed by atoms with Gasteiger partial charge in [0, 0.05) is 13.2 Å². The number of amides is 2. The Morgan fingerprint density at radius 2 is 2.23 bits per heavy atom. The van der Waals surface area contributed by atoms with Gasteiger partial charge in [-0.1, -0.05) is 18.2 Å². The van der Waals surface area contributed by atoms with Gasteiger partial charge in [0.15, 0.2) is 0 Å². The zero-order chi connectivity index (χ0) is 18.5. The summed E-state index contributed by atoms with van der Waals surface area (Å²) in [5.41, 5.74) is 1.10. The number of hydrogen-bond acceptors (Lipinski definition) is 5. The van der Waals surface area contributed by atoms with Crippen molar-refractivity contribution in [1.29, 1.82) is 5.26 Å². The summed E-state index contributed by atoms with van der Waals surface area (Å²) < 4.78 is 5.45. The molecule has 2 aliphatic heterocycles. The average molecular weight is 352 g/mol. The molecule has 7 heteroatoms. The molecule has 0 bridgehead atoms. The van der Waals surface area contributed by atoms with Gasteiger partial charge in [-0.2, -0.15) is 15.4 Å². The SMILES string of the molecule is CC1=NN(c2ccccc2)C(=O)[C@@H]1/C=C(\C#N)C(=O)NC[C@H]1CCCO1. The van der Waals surface area contributed by atoms with Crippen molar-refractivity contribution in [3.63, 3.8) is 0 Å². The van der Waals surface area contributed by atoms with E-state index < -0.39 is 11.8 Å². The Morgan fingerprint density at radius 3 is 2.88 bits per heavy atom. The van der Waals surface area contributed by atoms with Crippen molar-refractivity contribution >= 4 is 23.2 Å². The number of hydrazone groups is 1. The maximum atomic E-state index is 12.7. The Morgan fingerprint density at radius 1 is 1.46 bits per heavy atom. The summed E-state index contributed by atoms with van der Waals surface area (Å²) in [4.78, 5) is 24.9. The lowest BCUT2D eigenvalue weighted by atomic mass is 10.0. The first-order valence-electron chi connectivity index (χ1n) is 8.56. The molecule has 1 fully saturated rings. The largest absolute Gasteiger partial charge is 0.376 e. The Balaban J connectivity index is 1.70. The fraction of sp³-hybridized carbons (Fsp3) is 0.368. The van der Waals surface area contributed by atoms with Crippen LogP contribution in [0.25, 0.3) is 0 Å². The number of para-hydroxylation sites is 1. The molecule has 2 heterocycles. The van der Waals surface area contributed by atoms with Crippen LogP contribution in [0.1, 0.15) is 19.8 Å². The third-order valence-electron chi connectivity index (χ3n) is 4.40. The van der Waals surface area contributed by atoms with E-state index in [-0.39, 0.29) is 17.6 Å². The molecule has 0 aliphatic carbocycles. The van der Waals surface area contributed by atoms with E-state index in [0.717, 1.165) is 12.8 Å². The fourth-order valence-corrected chi connectivity index (χ4v) is 2.96. The number of carbonyl (C=O) groups is 2. The number of carbonyl (C=O) groups excluding carboxylic acids is 2. The number of nitrogens with one attached hydrogen (secondary N) is 1. The van der Waals surface area contributed by atoms with E-state index in [9.17, 15) is 14.9 Å². The summed E-state index contributed by atoms with van der Waals surface area (Å²) in [5.74, 6) is -1.51. The van der Waals surface area contributed by atoms with Crippen molar-refractivity contribution in [3.05, 3.63) is 42.0 Å². The van der Waals surface area contributed by atoms with E-state index in [2.05, 4.69) is 10.4 Å². The van der Waals surface area contributed by atoms with Crippen LogP contribution in [0.3, 0.4) is 0 Å². The fourth-order valence-electron chi connectivity index (χ4n) is 2.96. The van der Waals surface area contributed by atoms with E-state index in [1.807, 2.05) is 24.3 Å². The standard InChI is InChI=1S/C19H20N4O3/c1-13-17(19(25)23(22-13)15-6-3-2-4-7-15)10-14(11-20)18(24)21-12-16-8-5-9-26-16/h2-4,6-7,10,16-17H,5,8-9,12H2,1H3,(H,21,24)/b14-10+/t16-,17-/m1/s1. The maximum absolute atomic E-state index is 12.7. The van der Waals surface area contributed by atoms with Crippen LogP contribution in [-0.4, -0.2) is 36.8 Å². The molecule has 0 radical (unpaired) electrons. The number of ether oxygens (including phenoxy) is 1. The molecular weight excluding hydrogens is 332 g/mol. The number of nitrogens with zero attached hydrogens (tertiary/aromatic N) is 3. The van der Waals surface area contributed by atoms with Gasteiger partial charge in [0.05, 0.1) is 23.4 Å². The molecule has 7 nitrogen and oxygen atoms in total. The summed E-state index contributed by atoms with van der Waals surface area (Å²) in [6.45, 7) is 2.77. The molecule has 0 saturated carbocycles. The molecule has 3 rings (SSSR count). The van der Waals surface area contributed by atoms with Crippen LogP contribution in [0, 0.1) is 17.2 Å². The molecule has 1 aromatic carbocycles. The van der Waals surface area contributed by atoms with Crippen LogP contribution < -0.4 is 10.3 Å². The van der Waals surface area contributed by atoms with Crippen molar-refractivity contribution in [2.24, 2.45) is 11.0 Å². The van der Waals surface area contributed by atoms with Crippen LogP contribution in [0.2, 0.25) is 0 Å². The first-order valence-corrected chi connectivity index (χ1v) is 8.56. The molecule has 1 N–H and O–H groups in total. The second kappa shape index (κ2) is 7.93. The molecule has 2 aliphatic rings. The number of rotatable bonds is 5. The summed E-state index contributed by atoms with van der Waals surface area (Å²) in [5, 5.41) is 17.6. The number of benzene rings is 1. The van der Waals surface area contributed by atoms with Gasteiger partial charge in [-0.05, 0) is 38.0 Å². The lowest BCUT2D eigenvalue weighted by Crippen LogP contribution is -2.33. The van der Waals surface area contributed by atoms with Gasteiger partial charge in [0.2, 0.25) is 0 Å². The molecule has 2 atom stereocenters. The predicted molar refractivity (Wildman–Crippen MR) is 96.2 cm³/mol. The van der Waals surface area contributed by atoms with Crippen LogP contribution in [0.4, 0.5) is 5.69 Å². The molecule has 0 unspecified atom stereocenters. The van der Waals surface area contributed by atoms with E-state index >= 15 is 0 Å². The topological polar surface area (TPSA) is 94.8 Å². The average Bonchev–Trinajstić information content (AvgIpc) is 3.27. The number of nitriles is 1. The molecule has 1 aromatic rings. The number of hydrogen-bond donors (Lipinski definition) is 1. The first-order chi connectivity index (χ1) is 12.6. The minimum atomic E-state index is -0.724. The molecule has 26 heavy (non-hydrogen) atoms. The third kappa shape index (κ3) is 3.81. The smallest absolute Gasteiger partial charge is 0.261 e. The van der Waals surface area contributed by atoms with Crippen molar-refractivity contribution in [1.82, 2.24) is 5.32 Å². The van der Waals surface area contributed by atoms with Gasteiger partial charge >= 0.3 is 0 Å². The highest BCUT2D eigenvalue weighted by molar-refractivity contribution is 6.17. The van der Waals surface area contributed by atoms with Crippen LogP contribution in [0.5, 0.6) is 0 Å². The van der Waals surface area contributed by atoms with Crippen molar-refractivity contribution < 1.29 is 14.3 Å². The maximum Gasteiger partial charge on any atom is 0.261 e. The first kappa shape index (κ1) is 17.8. The van der Waals surface area contributed by atoms with Gasteiger partial charge < -0.3 is 10.1 Å². The van der Waals surface area contributed by atoms with Gasteiger partial charge in [-0.15, -0.1) is 0 Å². The molecule has 0 spiro atoms. The van der Waals surface area contributed by atoms with E-state index in [0.29, 0.717) is 24.6 Å². The van der Waals surface area contributed by atoms with Crippen molar-refractivity contribution in [3.8, 4) is 6.07 Å². The summed E-state index contributed by atoms with van der Waals surface area (Å²) >= 11 is 0. The van der Waals surface area contributed by atoms with E-state index in [1.54, 1.807) is 19.1 Å². The second-order valence-electron chi connectivity index (χ2n) is 6.24.